The molecule has 3 heterocycles. The van der Waals surface area contributed by atoms with Gasteiger partial charge in [-0.25, -0.2) is 15.0 Å². The van der Waals surface area contributed by atoms with E-state index >= 15 is 0 Å². The minimum absolute atomic E-state index is 0. The van der Waals surface area contributed by atoms with E-state index in [4.69, 9.17) is 15.6 Å². The Kier molecular flexibility index (Phi) is 3.62. The first kappa shape index (κ1) is 13.6. The number of imidazole rings is 1. The van der Waals surface area contributed by atoms with Gasteiger partial charge < -0.3 is 26.2 Å². The van der Waals surface area contributed by atoms with Crippen molar-refractivity contribution in [3.63, 3.8) is 0 Å². The lowest BCUT2D eigenvalue weighted by Gasteiger charge is -2.16. The average Bonchev–Trinajstić information content (AvgIpc) is 2.93. The Labute approximate surface area is 108 Å². The van der Waals surface area contributed by atoms with Crippen LogP contribution in [0.5, 0.6) is 0 Å². The fourth-order valence-corrected chi connectivity index (χ4v) is 2.15. The maximum absolute atomic E-state index is 9.93. The number of hydrogen-bond donors (Lipinski definition) is 3. The molecule has 1 aliphatic rings. The van der Waals surface area contributed by atoms with Crippen LogP contribution >= 0.6 is 0 Å². The number of ether oxygens (including phenoxy) is 1. The van der Waals surface area contributed by atoms with Gasteiger partial charge in [0.05, 0.1) is 19.0 Å². The Morgan fingerprint density at radius 1 is 1.42 bits per heavy atom. The lowest BCUT2D eigenvalue weighted by Crippen LogP contribution is -2.19. The summed E-state index contributed by atoms with van der Waals surface area (Å²) in [6.07, 6.45) is 1.52. The molecule has 19 heavy (non-hydrogen) atoms. The summed E-state index contributed by atoms with van der Waals surface area (Å²) in [6, 6.07) is 0. The standard InChI is InChI=1S/C10H13N5O3.H2O/c11-8-7-9(13-3-12-8)15(4-14-7)10-6(17)1-5(2-16)18-10;/h3-6,10,16-17H,1-2H2,(H2,11,12,13);1H2/t5-,6-,10+;/m0./s1. The van der Waals surface area contributed by atoms with Gasteiger partial charge in [-0.15, -0.1) is 0 Å². The van der Waals surface area contributed by atoms with Crippen LogP contribution in [-0.2, 0) is 4.74 Å². The average molecular weight is 269 g/mol. The summed E-state index contributed by atoms with van der Waals surface area (Å²) in [6.45, 7) is -0.128. The van der Waals surface area contributed by atoms with Crippen molar-refractivity contribution in [2.45, 2.75) is 24.9 Å². The van der Waals surface area contributed by atoms with Crippen molar-refractivity contribution in [1.29, 1.82) is 0 Å². The van der Waals surface area contributed by atoms with Gasteiger partial charge in [-0.3, -0.25) is 4.57 Å². The van der Waals surface area contributed by atoms with E-state index in [0.29, 0.717) is 17.6 Å². The summed E-state index contributed by atoms with van der Waals surface area (Å²) >= 11 is 0. The van der Waals surface area contributed by atoms with Gasteiger partial charge in [0.25, 0.3) is 0 Å². The zero-order valence-corrected chi connectivity index (χ0v) is 9.97. The molecule has 6 N–H and O–H groups in total. The maximum Gasteiger partial charge on any atom is 0.167 e. The molecule has 9 nitrogen and oxygen atoms in total. The predicted octanol–water partition coefficient (Wildman–Crippen LogP) is -1.78. The molecular formula is C10H15N5O4. The number of nitrogen functional groups attached to an aromatic ring is 1. The van der Waals surface area contributed by atoms with Crippen LogP contribution in [0.25, 0.3) is 11.2 Å². The fraction of sp³-hybridized carbons (Fsp3) is 0.500. The Balaban J connectivity index is 0.00000133. The van der Waals surface area contributed by atoms with Gasteiger partial charge in [0, 0.05) is 6.42 Å². The van der Waals surface area contributed by atoms with Crippen molar-refractivity contribution in [3.05, 3.63) is 12.7 Å². The zero-order chi connectivity index (χ0) is 12.7. The first-order valence-electron chi connectivity index (χ1n) is 5.58. The smallest absolute Gasteiger partial charge is 0.167 e. The van der Waals surface area contributed by atoms with Gasteiger partial charge in [-0.2, -0.15) is 0 Å². The number of rotatable bonds is 2. The monoisotopic (exact) mass is 269 g/mol. The van der Waals surface area contributed by atoms with Crippen molar-refractivity contribution in [2.75, 3.05) is 12.3 Å². The Morgan fingerprint density at radius 2 is 2.21 bits per heavy atom. The molecule has 104 valence electrons. The van der Waals surface area contributed by atoms with Crippen LogP contribution in [0.3, 0.4) is 0 Å². The first-order chi connectivity index (χ1) is 8.70. The molecule has 1 saturated heterocycles. The van der Waals surface area contributed by atoms with Crippen molar-refractivity contribution in [3.8, 4) is 0 Å². The van der Waals surface area contributed by atoms with Crippen molar-refractivity contribution in [2.24, 2.45) is 0 Å². The van der Waals surface area contributed by atoms with Crippen LogP contribution in [0.15, 0.2) is 12.7 Å². The summed E-state index contributed by atoms with van der Waals surface area (Å²) in [4.78, 5) is 12.0. The van der Waals surface area contributed by atoms with Crippen LogP contribution in [0.2, 0.25) is 0 Å². The SMILES string of the molecule is Nc1ncnc2c1ncn2[C@@H]1O[C@H](CO)C[C@@H]1O.O. The van der Waals surface area contributed by atoms with Crippen LogP contribution in [0.1, 0.15) is 12.6 Å². The number of hydrogen-bond acceptors (Lipinski definition) is 7. The normalized spacial score (nSPS) is 26.5. The summed E-state index contributed by atoms with van der Waals surface area (Å²) in [5, 5.41) is 19.0. The third kappa shape index (κ3) is 2.12. The number of aromatic nitrogens is 4. The maximum atomic E-state index is 9.93. The summed E-state index contributed by atoms with van der Waals surface area (Å²) < 4.78 is 7.14. The third-order valence-electron chi connectivity index (χ3n) is 3.03. The van der Waals surface area contributed by atoms with Crippen molar-refractivity contribution >= 4 is 17.0 Å². The zero-order valence-electron chi connectivity index (χ0n) is 9.97. The minimum Gasteiger partial charge on any atom is -0.412 e. The first-order valence-corrected chi connectivity index (χ1v) is 5.58. The van der Waals surface area contributed by atoms with Crippen molar-refractivity contribution < 1.29 is 20.4 Å². The van der Waals surface area contributed by atoms with E-state index in [1.807, 2.05) is 0 Å². The number of nitrogens with two attached hydrogens (primary N) is 1. The molecule has 2 aromatic rings. The number of anilines is 1. The van der Waals surface area contributed by atoms with Crippen LogP contribution in [0, 0.1) is 0 Å². The van der Waals surface area contributed by atoms with Gasteiger partial charge in [-0.05, 0) is 0 Å². The van der Waals surface area contributed by atoms with E-state index in [2.05, 4.69) is 15.0 Å². The number of nitrogens with zero attached hydrogens (tertiary/aromatic N) is 4. The van der Waals surface area contributed by atoms with Gasteiger partial charge in [0.15, 0.2) is 17.7 Å². The van der Waals surface area contributed by atoms with E-state index < -0.39 is 12.3 Å². The molecular weight excluding hydrogens is 254 g/mol. The molecule has 1 aliphatic heterocycles. The van der Waals surface area contributed by atoms with E-state index in [1.165, 1.54) is 12.7 Å². The molecule has 0 aromatic carbocycles. The van der Waals surface area contributed by atoms with E-state index in [1.54, 1.807) is 4.57 Å². The summed E-state index contributed by atoms with van der Waals surface area (Å²) in [5.41, 5.74) is 6.66. The van der Waals surface area contributed by atoms with E-state index in [-0.39, 0.29) is 24.0 Å². The molecule has 9 heteroatoms. The quantitative estimate of drug-likeness (QED) is 0.583. The van der Waals surface area contributed by atoms with Gasteiger partial charge in [0.2, 0.25) is 0 Å². The van der Waals surface area contributed by atoms with Crippen LogP contribution < -0.4 is 5.73 Å². The number of aliphatic hydroxyl groups excluding tert-OH is 2. The molecule has 0 radical (unpaired) electrons. The lowest BCUT2D eigenvalue weighted by molar-refractivity contribution is -0.0486. The van der Waals surface area contributed by atoms with Crippen molar-refractivity contribution in [1.82, 2.24) is 19.5 Å². The molecule has 1 fully saturated rings. The second kappa shape index (κ2) is 5.05. The highest BCUT2D eigenvalue weighted by atomic mass is 16.5. The molecule has 0 spiro atoms. The minimum atomic E-state index is -0.712. The molecule has 3 atom stereocenters. The number of fused-ring (bicyclic) bond motifs is 1. The highest BCUT2D eigenvalue weighted by Gasteiger charge is 2.35. The van der Waals surface area contributed by atoms with Gasteiger partial charge in [0.1, 0.15) is 17.9 Å². The highest BCUT2D eigenvalue weighted by Crippen LogP contribution is 2.31. The van der Waals surface area contributed by atoms with Crippen LogP contribution in [-0.4, -0.2) is 54.0 Å². The summed E-state index contributed by atoms with van der Waals surface area (Å²) in [5.74, 6) is 0.282. The molecule has 0 saturated carbocycles. The number of aliphatic hydroxyl groups is 2. The molecule has 3 rings (SSSR count). The molecule has 0 aliphatic carbocycles. The Morgan fingerprint density at radius 3 is 2.89 bits per heavy atom. The van der Waals surface area contributed by atoms with E-state index in [9.17, 15) is 5.11 Å². The largest absolute Gasteiger partial charge is 0.412 e. The third-order valence-corrected chi connectivity index (χ3v) is 3.03. The molecule has 0 bridgehead atoms. The van der Waals surface area contributed by atoms with Crippen LogP contribution in [0.4, 0.5) is 5.82 Å². The second-order valence-corrected chi connectivity index (χ2v) is 4.22. The second-order valence-electron chi connectivity index (χ2n) is 4.22. The van der Waals surface area contributed by atoms with Gasteiger partial charge >= 0.3 is 0 Å². The highest BCUT2D eigenvalue weighted by molar-refractivity contribution is 5.81. The Hall–Kier alpha value is -1.81. The van der Waals surface area contributed by atoms with Gasteiger partial charge in [-0.1, -0.05) is 0 Å². The lowest BCUT2D eigenvalue weighted by atomic mass is 10.2. The molecule has 0 unspecified atom stereocenters. The fourth-order valence-electron chi connectivity index (χ4n) is 2.15. The Bertz CT molecular complexity index is 574. The molecule has 0 amide bonds. The molecule has 2 aromatic heterocycles. The topological polar surface area (TPSA) is 151 Å². The predicted molar refractivity (Wildman–Crippen MR) is 65.0 cm³/mol. The summed E-state index contributed by atoms with van der Waals surface area (Å²) in [7, 11) is 0. The van der Waals surface area contributed by atoms with E-state index in [0.717, 1.165) is 0 Å².